The fraction of sp³-hybridized carbons (Fsp3) is 0.346. The second-order valence-electron chi connectivity index (χ2n) is 8.60. The van der Waals surface area contributed by atoms with Gasteiger partial charge in [-0.2, -0.15) is 13.2 Å². The topological polar surface area (TPSA) is 77.0 Å². The number of hydrogen-bond acceptors (Lipinski definition) is 5. The molecule has 0 saturated heterocycles. The van der Waals surface area contributed by atoms with Crippen LogP contribution in [0.25, 0.3) is 5.57 Å². The minimum Gasteiger partial charge on any atom is -0.381 e. The van der Waals surface area contributed by atoms with E-state index in [-0.39, 0.29) is 45.8 Å². The maximum atomic E-state index is 14.1. The monoisotopic (exact) mass is 556 g/mol. The number of amides is 1. The van der Waals surface area contributed by atoms with Crippen LogP contribution < -0.4 is 5.32 Å². The number of oxime groups is 1. The molecule has 0 aromatic heterocycles. The third-order valence-corrected chi connectivity index (χ3v) is 6.20. The Hall–Kier alpha value is -2.88. The third-order valence-electron chi connectivity index (χ3n) is 5.76. The van der Waals surface area contributed by atoms with E-state index in [0.717, 1.165) is 36.3 Å². The number of fused-ring (bicyclic) bond motifs is 1. The van der Waals surface area contributed by atoms with Gasteiger partial charge < -0.3 is 14.9 Å². The molecular weight excluding hydrogens is 532 g/mol. The molecule has 37 heavy (non-hydrogen) atoms. The molecule has 1 aliphatic carbocycles. The maximum absolute atomic E-state index is 14.1. The molecule has 1 amide bonds. The first-order chi connectivity index (χ1) is 17.4. The van der Waals surface area contributed by atoms with Crippen LogP contribution in [-0.4, -0.2) is 37.0 Å². The SMILES string of the molecule is COC(C)CC(=O)NC1CCc2cc(C(/C=C(\c3cc(Cl)cc(Cl)c3)C(F)(F)F)=N/OC(C)=O)ccc21. The predicted octanol–water partition coefficient (Wildman–Crippen LogP) is 6.44. The number of allylic oxidation sites excluding steroid dienone is 2. The zero-order chi connectivity index (χ0) is 27.3. The van der Waals surface area contributed by atoms with Crippen molar-refractivity contribution >= 4 is 46.4 Å². The van der Waals surface area contributed by atoms with Crippen LogP contribution in [0.5, 0.6) is 0 Å². The van der Waals surface area contributed by atoms with Gasteiger partial charge in [0.15, 0.2) is 0 Å². The molecule has 3 rings (SSSR count). The van der Waals surface area contributed by atoms with Gasteiger partial charge in [-0.3, -0.25) is 4.79 Å². The van der Waals surface area contributed by atoms with Gasteiger partial charge in [-0.25, -0.2) is 4.79 Å². The average molecular weight is 557 g/mol. The van der Waals surface area contributed by atoms with E-state index in [2.05, 4.69) is 10.5 Å². The lowest BCUT2D eigenvalue weighted by molar-refractivity contribution is -0.140. The molecule has 2 unspecified atom stereocenters. The van der Waals surface area contributed by atoms with Gasteiger partial charge in [-0.05, 0) is 66.8 Å². The predicted molar refractivity (Wildman–Crippen MR) is 136 cm³/mol. The second-order valence-corrected chi connectivity index (χ2v) is 9.47. The molecule has 2 aromatic rings. The van der Waals surface area contributed by atoms with Crippen LogP contribution in [-0.2, 0) is 25.6 Å². The largest absolute Gasteiger partial charge is 0.417 e. The number of aryl methyl sites for hydroxylation is 1. The summed E-state index contributed by atoms with van der Waals surface area (Å²) in [7, 11) is 1.53. The van der Waals surface area contributed by atoms with Crippen molar-refractivity contribution in [2.75, 3.05) is 7.11 Å². The van der Waals surface area contributed by atoms with Crippen molar-refractivity contribution in [2.24, 2.45) is 5.16 Å². The van der Waals surface area contributed by atoms with E-state index in [4.69, 9.17) is 32.8 Å². The van der Waals surface area contributed by atoms with Crippen molar-refractivity contribution in [1.29, 1.82) is 0 Å². The average Bonchev–Trinajstić information content (AvgIpc) is 3.19. The fourth-order valence-electron chi connectivity index (χ4n) is 3.98. The van der Waals surface area contributed by atoms with Gasteiger partial charge in [0.2, 0.25) is 5.91 Å². The number of alkyl halides is 3. The number of nitrogens with zero attached hydrogens (tertiary/aromatic N) is 1. The Labute approximate surface area is 222 Å². The van der Waals surface area contributed by atoms with E-state index in [1.165, 1.54) is 13.2 Å². The summed E-state index contributed by atoms with van der Waals surface area (Å²) in [6.07, 6.45) is -2.81. The van der Waals surface area contributed by atoms with Crippen molar-refractivity contribution in [3.8, 4) is 0 Å². The summed E-state index contributed by atoms with van der Waals surface area (Å²) in [5.74, 6) is -0.953. The zero-order valence-corrected chi connectivity index (χ0v) is 21.8. The summed E-state index contributed by atoms with van der Waals surface area (Å²) in [5.41, 5.74) is 0.440. The molecule has 0 spiro atoms. The lowest BCUT2D eigenvalue weighted by Gasteiger charge is -2.17. The van der Waals surface area contributed by atoms with Gasteiger partial charge in [0.25, 0.3) is 0 Å². The quantitative estimate of drug-likeness (QED) is 0.231. The summed E-state index contributed by atoms with van der Waals surface area (Å²) in [4.78, 5) is 28.4. The number of rotatable bonds is 8. The Kier molecular flexibility index (Phi) is 9.39. The van der Waals surface area contributed by atoms with Gasteiger partial charge in [0.05, 0.1) is 24.1 Å². The molecule has 1 aliphatic rings. The first kappa shape index (κ1) is 28.7. The first-order valence-corrected chi connectivity index (χ1v) is 12.1. The summed E-state index contributed by atoms with van der Waals surface area (Å²) < 4.78 is 47.4. The molecule has 0 heterocycles. The summed E-state index contributed by atoms with van der Waals surface area (Å²) in [6.45, 7) is 2.88. The normalized spacial score (nSPS) is 16.8. The fourth-order valence-corrected chi connectivity index (χ4v) is 4.50. The van der Waals surface area contributed by atoms with E-state index >= 15 is 0 Å². The van der Waals surface area contributed by atoms with Crippen LogP contribution in [0.15, 0.2) is 47.6 Å². The molecule has 0 radical (unpaired) electrons. The Morgan fingerprint density at radius 2 is 1.84 bits per heavy atom. The number of nitrogens with one attached hydrogen (secondary N) is 1. The van der Waals surface area contributed by atoms with Crippen molar-refractivity contribution in [1.82, 2.24) is 5.32 Å². The highest BCUT2D eigenvalue weighted by molar-refractivity contribution is 6.35. The van der Waals surface area contributed by atoms with Gasteiger partial charge >= 0.3 is 12.1 Å². The van der Waals surface area contributed by atoms with Gasteiger partial charge in [-0.1, -0.05) is 40.5 Å². The third kappa shape index (κ3) is 7.80. The molecule has 11 heteroatoms. The molecule has 1 N–H and O–H groups in total. The Morgan fingerprint density at radius 3 is 2.43 bits per heavy atom. The first-order valence-electron chi connectivity index (χ1n) is 11.3. The minimum absolute atomic E-state index is 0.0293. The number of carbonyl (C=O) groups excluding carboxylic acids is 2. The lowest BCUT2D eigenvalue weighted by atomic mass is 9.98. The molecule has 0 fully saturated rings. The molecule has 2 aromatic carbocycles. The molecular formula is C26H25Cl2F3N2O4. The Morgan fingerprint density at radius 1 is 1.16 bits per heavy atom. The van der Waals surface area contributed by atoms with Crippen molar-refractivity contribution in [3.05, 3.63) is 74.8 Å². The number of carbonyl (C=O) groups is 2. The Bertz CT molecular complexity index is 1220. The minimum atomic E-state index is -4.80. The molecule has 0 aliphatic heterocycles. The van der Waals surface area contributed by atoms with Crippen LogP contribution in [0.4, 0.5) is 13.2 Å². The zero-order valence-electron chi connectivity index (χ0n) is 20.3. The van der Waals surface area contributed by atoms with Crippen LogP contribution in [0.2, 0.25) is 10.0 Å². The van der Waals surface area contributed by atoms with Crippen LogP contribution in [0, 0.1) is 0 Å². The summed E-state index contributed by atoms with van der Waals surface area (Å²) in [6, 6.07) is 8.33. The van der Waals surface area contributed by atoms with E-state index in [9.17, 15) is 22.8 Å². The highest BCUT2D eigenvalue weighted by Crippen LogP contribution is 2.37. The molecule has 6 nitrogen and oxygen atoms in total. The van der Waals surface area contributed by atoms with Gasteiger partial charge in [-0.15, -0.1) is 0 Å². The number of halogens is 5. The van der Waals surface area contributed by atoms with Crippen molar-refractivity contribution in [3.63, 3.8) is 0 Å². The Balaban J connectivity index is 2.00. The second kappa shape index (κ2) is 12.1. The number of ether oxygens (including phenoxy) is 1. The lowest BCUT2D eigenvalue weighted by Crippen LogP contribution is -2.30. The smallest absolute Gasteiger partial charge is 0.381 e. The summed E-state index contributed by atoms with van der Waals surface area (Å²) >= 11 is 11.9. The molecule has 0 saturated carbocycles. The van der Waals surface area contributed by atoms with Gasteiger partial charge in [0.1, 0.15) is 5.71 Å². The van der Waals surface area contributed by atoms with Crippen molar-refractivity contribution < 1.29 is 32.3 Å². The standard InChI is InChI=1S/C26H25Cl2F3N2O4/c1-14(36-3)8-25(35)32-23-7-5-16-9-17(4-6-21(16)23)24(33-37-15(2)34)13-22(26(29,30)31)18-10-19(27)12-20(28)11-18/h4,6,9-14,23H,5,7-8H2,1-3H3,(H,32,35)/b22-13+,33-24+. The van der Waals surface area contributed by atoms with Crippen LogP contribution in [0.1, 0.15) is 55.0 Å². The van der Waals surface area contributed by atoms with E-state index in [1.807, 2.05) is 0 Å². The molecule has 2 atom stereocenters. The summed E-state index contributed by atoms with van der Waals surface area (Å²) in [5, 5.41) is 6.72. The van der Waals surface area contributed by atoms with Crippen LogP contribution >= 0.6 is 23.2 Å². The van der Waals surface area contributed by atoms with Crippen molar-refractivity contribution in [2.45, 2.75) is 51.4 Å². The highest BCUT2D eigenvalue weighted by Gasteiger charge is 2.36. The molecule has 198 valence electrons. The highest BCUT2D eigenvalue weighted by atomic mass is 35.5. The van der Waals surface area contributed by atoms with E-state index < -0.39 is 17.7 Å². The number of hydrogen-bond donors (Lipinski definition) is 1. The van der Waals surface area contributed by atoms with E-state index in [1.54, 1.807) is 25.1 Å². The van der Waals surface area contributed by atoms with Crippen LogP contribution in [0.3, 0.4) is 0 Å². The van der Waals surface area contributed by atoms with E-state index in [0.29, 0.717) is 18.4 Å². The number of benzene rings is 2. The maximum Gasteiger partial charge on any atom is 0.417 e. The number of methoxy groups -OCH3 is 1. The van der Waals surface area contributed by atoms with Gasteiger partial charge in [0, 0.05) is 29.6 Å². The molecule has 0 bridgehead atoms.